The summed E-state index contributed by atoms with van der Waals surface area (Å²) in [6, 6.07) is 3.67. The molecule has 1 saturated heterocycles. The highest BCUT2D eigenvalue weighted by Gasteiger charge is 2.37. The zero-order valence-electron chi connectivity index (χ0n) is 33.0. The fourth-order valence-electron chi connectivity index (χ4n) is 6.94. The van der Waals surface area contributed by atoms with E-state index in [1.165, 1.54) is 0 Å². The highest BCUT2D eigenvalue weighted by molar-refractivity contribution is 6.74. The number of benzene rings is 1. The summed E-state index contributed by atoms with van der Waals surface area (Å²) < 4.78 is 47.7. The molecule has 4 aromatic rings. The van der Waals surface area contributed by atoms with Gasteiger partial charge in [0.25, 0.3) is 0 Å². The van der Waals surface area contributed by atoms with Crippen molar-refractivity contribution in [1.82, 2.24) is 34.2 Å². The lowest BCUT2D eigenvalue weighted by Gasteiger charge is -2.36. The largest absolute Gasteiger partial charge is 0.476 e. The van der Waals surface area contributed by atoms with Gasteiger partial charge < -0.3 is 18.6 Å². The van der Waals surface area contributed by atoms with Crippen LogP contribution in [0.1, 0.15) is 96.6 Å². The summed E-state index contributed by atoms with van der Waals surface area (Å²) in [5.41, 5.74) is 5.09. The molecule has 0 radical (unpaired) electrons. The van der Waals surface area contributed by atoms with Gasteiger partial charge in [-0.05, 0) is 90.2 Å². The van der Waals surface area contributed by atoms with Crippen molar-refractivity contribution in [3.8, 4) is 22.9 Å². The van der Waals surface area contributed by atoms with E-state index in [-0.39, 0.29) is 29.2 Å². The number of hydrogen-bond acceptors (Lipinski definition) is 8. The molecular weight excluding hydrogens is 678 g/mol. The topological polar surface area (TPSA) is 93.6 Å². The molecule has 0 spiro atoms. The maximum absolute atomic E-state index is 16.4. The molecule has 2 bridgehead atoms. The average Bonchev–Trinajstić information content (AvgIpc) is 3.68. The zero-order valence-corrected chi connectivity index (χ0v) is 34.0. The second-order valence-electron chi connectivity index (χ2n) is 16.1. The molecule has 3 aromatic heterocycles. The Morgan fingerprint density at radius 2 is 1.87 bits per heavy atom. The first kappa shape index (κ1) is 38.2. The maximum atomic E-state index is 16.4. The van der Waals surface area contributed by atoms with Crippen LogP contribution in [0.3, 0.4) is 0 Å². The van der Waals surface area contributed by atoms with Crippen molar-refractivity contribution in [2.75, 3.05) is 26.4 Å². The molecule has 1 aromatic carbocycles. The molecule has 13 heteroatoms. The first-order valence-corrected chi connectivity index (χ1v) is 21.8. The predicted molar refractivity (Wildman–Crippen MR) is 207 cm³/mol. The zero-order chi connectivity index (χ0) is 37.5. The molecule has 2 aliphatic rings. The van der Waals surface area contributed by atoms with E-state index in [1.807, 2.05) is 37.7 Å². The average molecular weight is 736 g/mol. The van der Waals surface area contributed by atoms with Gasteiger partial charge in [-0.25, -0.2) is 13.8 Å². The van der Waals surface area contributed by atoms with Gasteiger partial charge in [0, 0.05) is 49.8 Å². The van der Waals surface area contributed by atoms with Crippen LogP contribution in [0.15, 0.2) is 12.1 Å². The monoisotopic (exact) mass is 735 g/mol. The molecular formula is C39H58FN7O4Si. The lowest BCUT2D eigenvalue weighted by Crippen LogP contribution is -2.41. The van der Waals surface area contributed by atoms with Crippen LogP contribution >= 0.6 is 0 Å². The third kappa shape index (κ3) is 7.60. The van der Waals surface area contributed by atoms with Gasteiger partial charge in [-0.15, -0.1) is 5.10 Å². The minimum atomic E-state index is -1.98. The summed E-state index contributed by atoms with van der Waals surface area (Å²) in [5.74, 6) is 0.747. The second kappa shape index (κ2) is 15.1. The van der Waals surface area contributed by atoms with E-state index in [0.29, 0.717) is 79.2 Å². The van der Waals surface area contributed by atoms with E-state index in [9.17, 15) is 0 Å². The Balaban J connectivity index is 1.54. The van der Waals surface area contributed by atoms with Gasteiger partial charge in [0.15, 0.2) is 14.5 Å². The van der Waals surface area contributed by atoms with Crippen LogP contribution in [0.5, 0.6) is 11.8 Å². The van der Waals surface area contributed by atoms with Crippen LogP contribution in [0.25, 0.3) is 34.2 Å². The number of aromatic nitrogens is 6. The van der Waals surface area contributed by atoms with E-state index >= 15 is 4.39 Å². The van der Waals surface area contributed by atoms with Gasteiger partial charge in [0.1, 0.15) is 11.9 Å². The van der Waals surface area contributed by atoms with E-state index in [0.717, 1.165) is 35.9 Å². The lowest BCUT2D eigenvalue weighted by atomic mass is 10.0. The third-order valence-corrected chi connectivity index (χ3v) is 15.4. The molecule has 1 unspecified atom stereocenters. The van der Waals surface area contributed by atoms with Gasteiger partial charge in [0.2, 0.25) is 11.8 Å². The third-order valence-electron chi connectivity index (χ3n) is 10.9. The molecule has 5 heterocycles. The Hall–Kier alpha value is -3.52. The fraction of sp³-hybridized carbons (Fsp3) is 0.615. The minimum absolute atomic E-state index is 0.0997. The first-order chi connectivity index (χ1) is 24.6. The predicted octanol–water partition coefficient (Wildman–Crippen LogP) is 8.36. The minimum Gasteiger partial charge on any atom is -0.476 e. The number of nitrogens with zero attached hydrogens (tertiary/aromatic N) is 7. The molecule has 0 saturated carbocycles. The van der Waals surface area contributed by atoms with Crippen LogP contribution in [-0.4, -0.2) is 81.1 Å². The van der Waals surface area contributed by atoms with Gasteiger partial charge in [0.05, 0.1) is 53.5 Å². The summed E-state index contributed by atoms with van der Waals surface area (Å²) in [6.45, 7) is 25.1. The summed E-state index contributed by atoms with van der Waals surface area (Å²) in [4.78, 5) is 2.39. The Labute approximate surface area is 309 Å². The number of halogens is 1. The van der Waals surface area contributed by atoms with Crippen molar-refractivity contribution in [3.05, 3.63) is 40.6 Å². The molecule has 0 aliphatic carbocycles. The van der Waals surface area contributed by atoms with Gasteiger partial charge >= 0.3 is 0 Å². The summed E-state index contributed by atoms with van der Waals surface area (Å²) in [6.07, 6.45) is 6.41. The molecule has 2 aliphatic heterocycles. The summed E-state index contributed by atoms with van der Waals surface area (Å²) in [7, 11) is -0.126. The Bertz CT molecular complexity index is 1920. The van der Waals surface area contributed by atoms with E-state index in [1.54, 1.807) is 10.7 Å². The van der Waals surface area contributed by atoms with Gasteiger partial charge in [-0.1, -0.05) is 20.8 Å². The first-order valence-electron chi connectivity index (χ1n) is 18.9. The van der Waals surface area contributed by atoms with Crippen LogP contribution in [0, 0.1) is 12.7 Å². The number of fused-ring (bicyclic) bond motifs is 4. The lowest BCUT2D eigenvalue weighted by molar-refractivity contribution is -0.0367. The van der Waals surface area contributed by atoms with Gasteiger partial charge in [-0.3, -0.25) is 9.58 Å². The Morgan fingerprint density at radius 3 is 2.54 bits per heavy atom. The SMILES string of the molecule is CCOc1nn(CCO[Si](C)(C)C(C)(C)C)c2c1/C=C\c1nn(C3CCCCO3)c3cc(F)c(cc13)-c1c(C)nn(C)c1O[C@@H](C)CN(C(C)C)C2. The van der Waals surface area contributed by atoms with Crippen molar-refractivity contribution in [2.45, 2.75) is 124 Å². The van der Waals surface area contributed by atoms with Gasteiger partial charge in [-0.2, -0.15) is 10.2 Å². The molecule has 2 atom stereocenters. The van der Waals surface area contributed by atoms with E-state index < -0.39 is 8.32 Å². The van der Waals surface area contributed by atoms with E-state index in [4.69, 9.17) is 28.8 Å². The highest BCUT2D eigenvalue weighted by atomic mass is 28.4. The molecule has 52 heavy (non-hydrogen) atoms. The maximum Gasteiger partial charge on any atom is 0.240 e. The number of ether oxygens (including phenoxy) is 3. The van der Waals surface area contributed by atoms with Crippen molar-refractivity contribution >= 4 is 31.4 Å². The van der Waals surface area contributed by atoms with Crippen LogP contribution in [-0.2, 0) is 29.3 Å². The smallest absolute Gasteiger partial charge is 0.240 e. The molecule has 11 nitrogen and oxygen atoms in total. The Kier molecular flexibility index (Phi) is 11.1. The van der Waals surface area contributed by atoms with Crippen LogP contribution < -0.4 is 9.47 Å². The molecule has 0 N–H and O–H groups in total. The fourth-order valence-corrected chi connectivity index (χ4v) is 7.97. The van der Waals surface area contributed by atoms with Crippen molar-refractivity contribution < 1.29 is 23.0 Å². The number of aryl methyl sites for hydroxylation is 2. The summed E-state index contributed by atoms with van der Waals surface area (Å²) >= 11 is 0. The number of hydrogen-bond donors (Lipinski definition) is 0. The normalized spacial score (nSPS) is 19.7. The second-order valence-corrected chi connectivity index (χ2v) is 20.9. The highest BCUT2D eigenvalue weighted by Crippen LogP contribution is 2.40. The van der Waals surface area contributed by atoms with Crippen LogP contribution in [0.4, 0.5) is 4.39 Å². The standard InChI is InChI=1S/C39H58FN7O4Si/c1-12-48-37-28-16-17-32-30-21-29(31(40)22-33(30)47(42-32)35-15-13-14-19-49-35)36-27(5)41-44(9)38(36)51-26(4)23-45(25(2)3)24-34(28)46(43-37)18-20-50-52(10,11)39(6,7)8/h16-17,21-22,25-26,35H,12-15,18-20,23-24H2,1-11H3/b17-16-/t26-,35?/m0/s1. The quantitative estimate of drug-likeness (QED) is 0.167. The summed E-state index contributed by atoms with van der Waals surface area (Å²) in [5, 5.41) is 15.7. The van der Waals surface area contributed by atoms with Crippen molar-refractivity contribution in [1.29, 1.82) is 0 Å². The Morgan fingerprint density at radius 1 is 1.10 bits per heavy atom. The molecule has 0 amide bonds. The molecule has 284 valence electrons. The van der Waals surface area contributed by atoms with E-state index in [2.05, 4.69) is 75.4 Å². The molecule has 6 rings (SSSR count). The molecule has 1 fully saturated rings. The van der Waals surface area contributed by atoms with Crippen molar-refractivity contribution in [3.63, 3.8) is 0 Å². The van der Waals surface area contributed by atoms with Crippen LogP contribution in [0.2, 0.25) is 18.1 Å². The number of rotatable bonds is 8. The van der Waals surface area contributed by atoms with Crippen molar-refractivity contribution in [2.24, 2.45) is 7.05 Å².